The van der Waals surface area contributed by atoms with Gasteiger partial charge in [0.15, 0.2) is 0 Å². The molecule has 5 rings (SSSR count). The Morgan fingerprint density at radius 3 is 0.583 bits per heavy atom. The molecule has 4 atom stereocenters. The molecular formula is C48H96O8Si4. The summed E-state index contributed by atoms with van der Waals surface area (Å²) in [5.41, 5.74) is -1.62. The van der Waals surface area contributed by atoms with Crippen LogP contribution in [-0.2, 0) is 35.4 Å². The van der Waals surface area contributed by atoms with Crippen LogP contribution in [0.4, 0.5) is 0 Å². The molecular weight excluding hydrogens is 817 g/mol. The molecule has 1 heterocycles. The van der Waals surface area contributed by atoms with Crippen LogP contribution in [0.3, 0.4) is 0 Å². The van der Waals surface area contributed by atoms with E-state index >= 15 is 0 Å². The molecule has 5 aliphatic rings. The fourth-order valence-electron chi connectivity index (χ4n) is 12.2. The van der Waals surface area contributed by atoms with E-state index in [4.69, 9.17) is 35.4 Å². The molecule has 4 saturated carbocycles. The predicted octanol–water partition coefficient (Wildman–Crippen LogP) is 14.1. The van der Waals surface area contributed by atoms with Crippen molar-refractivity contribution in [1.82, 2.24) is 0 Å². The predicted molar refractivity (Wildman–Crippen MR) is 256 cm³/mol. The summed E-state index contributed by atoms with van der Waals surface area (Å²) in [6.07, 6.45) is 23.2. The zero-order chi connectivity index (χ0) is 44.4. The molecule has 0 aromatic rings. The summed E-state index contributed by atoms with van der Waals surface area (Å²) in [5.74, 6) is 0. The summed E-state index contributed by atoms with van der Waals surface area (Å²) in [7, 11) is -14.1. The highest BCUT2D eigenvalue weighted by molar-refractivity contribution is 6.97. The van der Waals surface area contributed by atoms with Gasteiger partial charge in [0, 0.05) is 22.2 Å². The monoisotopic (exact) mass is 913 g/mol. The molecule has 0 radical (unpaired) electrons. The second-order valence-electron chi connectivity index (χ2n) is 24.1. The Bertz CT molecular complexity index is 1110. The summed E-state index contributed by atoms with van der Waals surface area (Å²) in [5, 5.41) is 0. The van der Waals surface area contributed by atoms with Gasteiger partial charge < -0.3 is 35.4 Å². The van der Waals surface area contributed by atoms with Crippen LogP contribution in [-0.4, -0.2) is 79.6 Å². The molecule has 0 amide bonds. The van der Waals surface area contributed by atoms with Gasteiger partial charge in [-0.15, -0.1) is 0 Å². The van der Waals surface area contributed by atoms with Gasteiger partial charge in [-0.2, -0.15) is 0 Å². The van der Waals surface area contributed by atoms with Crippen LogP contribution in [0.15, 0.2) is 0 Å². The van der Waals surface area contributed by atoms with Crippen LogP contribution in [0.2, 0.25) is 22.2 Å². The van der Waals surface area contributed by atoms with Gasteiger partial charge in [0.2, 0.25) is 0 Å². The number of ether oxygens (including phenoxy) is 4. The Hall–Kier alpha value is 0.548. The lowest BCUT2D eigenvalue weighted by atomic mass is 10.0. The molecule has 8 nitrogen and oxygen atoms in total. The van der Waals surface area contributed by atoms with E-state index < -0.39 is 56.6 Å². The van der Waals surface area contributed by atoms with Crippen LogP contribution in [0.5, 0.6) is 0 Å². The minimum atomic E-state index is -3.51. The molecule has 1 saturated heterocycles. The average molecular weight is 914 g/mol. The lowest BCUT2D eigenvalue weighted by Gasteiger charge is -2.63. The van der Waals surface area contributed by atoms with E-state index in [1.807, 2.05) is 0 Å². The quantitative estimate of drug-likeness (QED) is 0.179. The topological polar surface area (TPSA) is 73.8 Å². The van der Waals surface area contributed by atoms with Gasteiger partial charge in [-0.25, -0.2) is 0 Å². The molecule has 12 heteroatoms. The molecule has 60 heavy (non-hydrogen) atoms. The van der Waals surface area contributed by atoms with E-state index in [1.165, 1.54) is 77.0 Å². The van der Waals surface area contributed by atoms with Gasteiger partial charge >= 0.3 is 34.2 Å². The number of hydrogen-bond acceptors (Lipinski definition) is 8. The smallest absolute Gasteiger partial charge is 0.353 e. The first-order valence-electron chi connectivity index (χ1n) is 25.3. The molecule has 1 aliphatic heterocycles. The number of hydrogen-bond donors (Lipinski definition) is 0. The molecule has 4 aliphatic carbocycles. The average Bonchev–Trinajstić information content (AvgIpc) is 3.14. The normalized spacial score (nSPS) is 34.4. The van der Waals surface area contributed by atoms with E-state index in [0.29, 0.717) is 0 Å². The second kappa shape index (κ2) is 20.2. The largest absolute Gasteiger partial charge is 0.412 e. The van der Waals surface area contributed by atoms with Crippen LogP contribution in [0.1, 0.15) is 239 Å². The Balaban J connectivity index is 1.96. The van der Waals surface area contributed by atoms with Crippen LogP contribution < -0.4 is 0 Å². The van der Waals surface area contributed by atoms with Crippen molar-refractivity contribution in [3.63, 3.8) is 0 Å². The molecule has 0 N–H and O–H groups in total. The van der Waals surface area contributed by atoms with Gasteiger partial charge in [-0.3, -0.25) is 0 Å². The summed E-state index contributed by atoms with van der Waals surface area (Å²) >= 11 is 0. The Morgan fingerprint density at radius 2 is 0.450 bits per heavy atom. The highest BCUT2D eigenvalue weighted by Crippen LogP contribution is 2.58. The van der Waals surface area contributed by atoms with E-state index in [9.17, 15) is 0 Å². The fraction of sp³-hybridized carbons (Fsp3) is 1.00. The maximum atomic E-state index is 8.88. The molecule has 0 bridgehead atoms. The van der Waals surface area contributed by atoms with Gasteiger partial charge in [0.25, 0.3) is 0 Å². The van der Waals surface area contributed by atoms with Gasteiger partial charge in [-0.05, 0) is 162 Å². The summed E-state index contributed by atoms with van der Waals surface area (Å²) in [6.45, 7) is 35.9. The Morgan fingerprint density at radius 1 is 0.300 bits per heavy atom. The first kappa shape index (κ1) is 51.5. The second-order valence-corrected chi connectivity index (χ2v) is 39.7. The lowest BCUT2D eigenvalue weighted by molar-refractivity contribution is -0.0666. The van der Waals surface area contributed by atoms with Crippen molar-refractivity contribution < 1.29 is 35.4 Å². The maximum absolute atomic E-state index is 8.88. The minimum absolute atomic E-state index is 0.248. The summed E-state index contributed by atoms with van der Waals surface area (Å²) in [6, 6.07) is 0. The number of rotatable bonds is 12. The third-order valence-corrected chi connectivity index (χ3v) is 36.4. The van der Waals surface area contributed by atoms with E-state index in [1.54, 1.807) is 0 Å². The van der Waals surface area contributed by atoms with Crippen LogP contribution >= 0.6 is 0 Å². The third-order valence-electron chi connectivity index (χ3n) is 14.4. The van der Waals surface area contributed by atoms with Crippen LogP contribution in [0, 0.1) is 0 Å². The minimum Gasteiger partial charge on any atom is -0.412 e. The van der Waals surface area contributed by atoms with Crippen molar-refractivity contribution >= 4 is 34.2 Å². The van der Waals surface area contributed by atoms with E-state index in [0.717, 1.165) is 51.4 Å². The first-order chi connectivity index (χ1) is 27.8. The highest BCUT2D eigenvalue weighted by Gasteiger charge is 2.75. The van der Waals surface area contributed by atoms with Crippen molar-refractivity contribution in [2.75, 3.05) is 0 Å². The summed E-state index contributed by atoms with van der Waals surface area (Å²) < 4.78 is 65.0. The lowest BCUT2D eigenvalue weighted by Crippen LogP contribution is -2.82. The van der Waals surface area contributed by atoms with Crippen molar-refractivity contribution in [3.8, 4) is 0 Å². The molecule has 5 fully saturated rings. The van der Waals surface area contributed by atoms with E-state index in [-0.39, 0.29) is 45.1 Å². The SMILES string of the molecule is CC(OC(C)(C)C)[Si]1(C2CCCCC2)O[Si](C2CCCCC2)(C(C)OC(C)(C)C)O[Si](C2CCCCC2)(C(C)OC(C)(C)C)O[Si](C2CCCCC2)(C(C)OC(C)(C)C)O1. The van der Waals surface area contributed by atoms with Crippen LogP contribution in [0.25, 0.3) is 0 Å². The molecule has 0 aromatic heterocycles. The first-order valence-corrected chi connectivity index (χ1v) is 33.2. The van der Waals surface area contributed by atoms with Gasteiger partial charge in [0.1, 0.15) is 0 Å². The van der Waals surface area contributed by atoms with E-state index in [2.05, 4.69) is 111 Å². The van der Waals surface area contributed by atoms with Gasteiger partial charge in [-0.1, -0.05) is 77.0 Å². The maximum Gasteiger partial charge on any atom is 0.353 e. The standard InChI is InChI=1S/C48H96O8Si4/c1-37(49-45(5,6)7)57(41-29-21-17-22-30-41)53-58(38(2)50-46(8,9)10,42-31-23-18-24-32-42)55-60(40(4)52-48(14,15)16,44-35-27-20-28-36-44)56-59(54-57,39(3)51-47(11,12)13)43-33-25-19-26-34-43/h37-44H,17-36H2,1-16H3. The summed E-state index contributed by atoms with van der Waals surface area (Å²) in [4.78, 5) is 0. The third kappa shape index (κ3) is 12.5. The molecule has 0 aromatic carbocycles. The highest BCUT2D eigenvalue weighted by atomic mass is 28.5. The fourth-order valence-corrected chi connectivity index (χ4v) is 42.6. The molecule has 4 unspecified atom stereocenters. The van der Waals surface area contributed by atoms with Crippen molar-refractivity contribution in [2.24, 2.45) is 0 Å². The van der Waals surface area contributed by atoms with Gasteiger partial charge in [0.05, 0.1) is 45.3 Å². The zero-order valence-corrected chi connectivity index (χ0v) is 46.0. The molecule has 0 spiro atoms. The van der Waals surface area contributed by atoms with Crippen molar-refractivity contribution in [3.05, 3.63) is 0 Å². The Labute approximate surface area is 374 Å². The van der Waals surface area contributed by atoms with Crippen molar-refractivity contribution in [1.29, 1.82) is 0 Å². The molecule has 352 valence electrons. The zero-order valence-electron chi connectivity index (χ0n) is 42.0. The Kier molecular flexibility index (Phi) is 17.3. The van der Waals surface area contributed by atoms with Crippen molar-refractivity contribution in [2.45, 2.75) is 307 Å².